The zero-order valence-electron chi connectivity index (χ0n) is 13.2. The van der Waals surface area contributed by atoms with Gasteiger partial charge in [-0.1, -0.05) is 29.8 Å². The van der Waals surface area contributed by atoms with Gasteiger partial charge in [-0.05, 0) is 44.4 Å². The normalized spacial score (nSPS) is 15.3. The number of hydrogen-bond acceptors (Lipinski definition) is 2. The quantitative estimate of drug-likeness (QED) is 0.668. The largest absolute Gasteiger partial charge is 0.339 e. The third-order valence-electron chi connectivity index (χ3n) is 3.67. The van der Waals surface area contributed by atoms with E-state index < -0.39 is 0 Å². The average molecular weight is 333 g/mol. The van der Waals surface area contributed by atoms with Gasteiger partial charge in [-0.25, -0.2) is 0 Å². The summed E-state index contributed by atoms with van der Waals surface area (Å²) in [5.74, 6) is -0.297. The second kappa shape index (κ2) is 8.53. The maximum atomic E-state index is 12.5. The molecule has 0 aliphatic carbocycles. The molecule has 1 saturated heterocycles. The molecule has 23 heavy (non-hydrogen) atoms. The molecule has 1 aromatic rings. The predicted octanol–water partition coefficient (Wildman–Crippen LogP) is 4.04. The van der Waals surface area contributed by atoms with E-state index in [2.05, 4.69) is 5.32 Å². The summed E-state index contributed by atoms with van der Waals surface area (Å²) < 4.78 is 0. The van der Waals surface area contributed by atoms with Gasteiger partial charge in [-0.3, -0.25) is 9.59 Å². The average Bonchev–Trinajstić information content (AvgIpc) is 2.57. The number of carbonyl (C=O) groups is 2. The molecule has 0 unspecified atom stereocenters. The molecule has 0 radical (unpaired) electrons. The fourth-order valence-electron chi connectivity index (χ4n) is 2.46. The Balaban J connectivity index is 2.11. The van der Waals surface area contributed by atoms with E-state index in [1.54, 1.807) is 30.4 Å². The molecule has 1 N–H and O–H groups in total. The summed E-state index contributed by atoms with van der Waals surface area (Å²) >= 11 is 6.11. The molecule has 1 aromatic carbocycles. The fraction of sp³-hybridized carbons (Fsp3) is 0.333. The van der Waals surface area contributed by atoms with Crippen LogP contribution in [0.5, 0.6) is 0 Å². The molecule has 0 bridgehead atoms. The van der Waals surface area contributed by atoms with Crippen LogP contribution in [0, 0.1) is 0 Å². The molecule has 1 aliphatic rings. The number of rotatable bonds is 4. The van der Waals surface area contributed by atoms with E-state index in [4.69, 9.17) is 11.6 Å². The Hall–Kier alpha value is -2.07. The Morgan fingerprint density at radius 2 is 1.91 bits per heavy atom. The molecule has 1 aliphatic heterocycles. The summed E-state index contributed by atoms with van der Waals surface area (Å²) in [4.78, 5) is 26.2. The number of anilines is 1. The van der Waals surface area contributed by atoms with Gasteiger partial charge in [0.1, 0.15) is 0 Å². The maximum Gasteiger partial charge on any atom is 0.253 e. The molecular weight excluding hydrogens is 312 g/mol. The van der Waals surface area contributed by atoms with Crippen molar-refractivity contribution in [3.8, 4) is 0 Å². The van der Waals surface area contributed by atoms with Crippen LogP contribution in [-0.4, -0.2) is 29.8 Å². The number of piperidine rings is 1. The van der Waals surface area contributed by atoms with Gasteiger partial charge in [0.15, 0.2) is 0 Å². The highest BCUT2D eigenvalue weighted by molar-refractivity contribution is 6.34. The van der Waals surface area contributed by atoms with Crippen molar-refractivity contribution in [2.45, 2.75) is 26.2 Å². The first kappa shape index (κ1) is 17.3. The standard InChI is InChI=1S/C18H21ClN2O2/c1-2-3-5-8-17(22)20-16-13-14(9-10-15(16)19)18(23)21-11-6-4-7-12-21/h2-3,5,8-10,13H,4,6-7,11-12H2,1H3,(H,20,22). The highest BCUT2D eigenvalue weighted by atomic mass is 35.5. The smallest absolute Gasteiger partial charge is 0.253 e. The molecule has 0 saturated carbocycles. The summed E-state index contributed by atoms with van der Waals surface area (Å²) in [5.41, 5.74) is 0.994. The van der Waals surface area contributed by atoms with E-state index in [0.29, 0.717) is 16.3 Å². The first-order valence-electron chi connectivity index (χ1n) is 7.81. The topological polar surface area (TPSA) is 49.4 Å². The Bertz CT molecular complexity index is 632. The van der Waals surface area contributed by atoms with E-state index in [9.17, 15) is 9.59 Å². The highest BCUT2D eigenvalue weighted by Gasteiger charge is 2.19. The second-order valence-electron chi connectivity index (χ2n) is 5.42. The molecule has 0 aromatic heterocycles. The number of halogens is 1. The van der Waals surface area contributed by atoms with Crippen LogP contribution in [0.4, 0.5) is 5.69 Å². The number of likely N-dealkylation sites (tertiary alicyclic amines) is 1. The fourth-order valence-corrected chi connectivity index (χ4v) is 2.63. The molecular formula is C18H21ClN2O2. The van der Waals surface area contributed by atoms with Gasteiger partial charge in [0.05, 0.1) is 10.7 Å². The van der Waals surface area contributed by atoms with Crippen LogP contribution in [-0.2, 0) is 4.79 Å². The number of amides is 2. The number of allylic oxidation sites excluding steroid dienone is 3. The molecule has 2 amide bonds. The Morgan fingerprint density at radius 1 is 1.17 bits per heavy atom. The van der Waals surface area contributed by atoms with Crippen molar-refractivity contribution in [2.24, 2.45) is 0 Å². The lowest BCUT2D eigenvalue weighted by Gasteiger charge is -2.27. The number of hydrogen-bond donors (Lipinski definition) is 1. The van der Waals surface area contributed by atoms with E-state index in [1.165, 1.54) is 12.5 Å². The highest BCUT2D eigenvalue weighted by Crippen LogP contribution is 2.24. The summed E-state index contributed by atoms with van der Waals surface area (Å²) in [6.07, 6.45) is 9.90. The van der Waals surface area contributed by atoms with E-state index in [0.717, 1.165) is 25.9 Å². The lowest BCUT2D eigenvalue weighted by atomic mass is 10.1. The van der Waals surface area contributed by atoms with Gasteiger partial charge in [-0.15, -0.1) is 0 Å². The molecule has 1 heterocycles. The van der Waals surface area contributed by atoms with E-state index in [-0.39, 0.29) is 11.8 Å². The van der Waals surface area contributed by atoms with Crippen LogP contribution in [0.25, 0.3) is 0 Å². The number of nitrogens with one attached hydrogen (secondary N) is 1. The molecule has 4 nitrogen and oxygen atoms in total. The molecule has 0 spiro atoms. The van der Waals surface area contributed by atoms with Crippen LogP contribution in [0.15, 0.2) is 42.5 Å². The first-order chi connectivity index (χ1) is 11.1. The molecule has 0 atom stereocenters. The van der Waals surface area contributed by atoms with Gasteiger partial charge in [0.25, 0.3) is 5.91 Å². The minimum atomic E-state index is -0.285. The minimum Gasteiger partial charge on any atom is -0.339 e. The van der Waals surface area contributed by atoms with Crippen LogP contribution < -0.4 is 5.32 Å². The Labute approximate surface area is 141 Å². The van der Waals surface area contributed by atoms with Crippen molar-refractivity contribution in [2.75, 3.05) is 18.4 Å². The van der Waals surface area contributed by atoms with Crippen molar-refractivity contribution >= 4 is 29.1 Å². The minimum absolute atomic E-state index is 0.0127. The first-order valence-corrected chi connectivity index (χ1v) is 8.19. The van der Waals surface area contributed by atoms with Gasteiger partial charge in [0.2, 0.25) is 5.91 Å². The van der Waals surface area contributed by atoms with Crippen LogP contribution >= 0.6 is 11.6 Å². The van der Waals surface area contributed by atoms with Gasteiger partial charge in [0, 0.05) is 24.7 Å². The van der Waals surface area contributed by atoms with E-state index in [1.807, 2.05) is 17.9 Å². The molecule has 2 rings (SSSR count). The molecule has 1 fully saturated rings. The Morgan fingerprint density at radius 3 is 2.61 bits per heavy atom. The lowest BCUT2D eigenvalue weighted by Crippen LogP contribution is -2.35. The zero-order chi connectivity index (χ0) is 16.7. The van der Waals surface area contributed by atoms with Crippen LogP contribution in [0.3, 0.4) is 0 Å². The summed E-state index contributed by atoms with van der Waals surface area (Å²) in [7, 11) is 0. The van der Waals surface area contributed by atoms with Crippen molar-refractivity contribution in [3.63, 3.8) is 0 Å². The summed E-state index contributed by atoms with van der Waals surface area (Å²) in [6.45, 7) is 3.44. The molecule has 5 heteroatoms. The van der Waals surface area contributed by atoms with Crippen LogP contribution in [0.2, 0.25) is 5.02 Å². The number of benzene rings is 1. The van der Waals surface area contributed by atoms with Crippen molar-refractivity contribution in [1.82, 2.24) is 4.90 Å². The van der Waals surface area contributed by atoms with Gasteiger partial charge in [-0.2, -0.15) is 0 Å². The van der Waals surface area contributed by atoms with Crippen molar-refractivity contribution in [1.29, 1.82) is 0 Å². The number of carbonyl (C=O) groups excluding carboxylic acids is 2. The lowest BCUT2D eigenvalue weighted by molar-refractivity contribution is -0.111. The summed E-state index contributed by atoms with van der Waals surface area (Å²) in [6, 6.07) is 4.98. The van der Waals surface area contributed by atoms with Gasteiger partial charge >= 0.3 is 0 Å². The van der Waals surface area contributed by atoms with Crippen molar-refractivity contribution < 1.29 is 9.59 Å². The van der Waals surface area contributed by atoms with Crippen LogP contribution in [0.1, 0.15) is 36.5 Å². The third kappa shape index (κ3) is 4.96. The Kier molecular flexibility index (Phi) is 6.41. The zero-order valence-corrected chi connectivity index (χ0v) is 14.0. The second-order valence-corrected chi connectivity index (χ2v) is 5.83. The summed E-state index contributed by atoms with van der Waals surface area (Å²) in [5, 5.41) is 3.12. The van der Waals surface area contributed by atoms with Gasteiger partial charge < -0.3 is 10.2 Å². The maximum absolute atomic E-state index is 12.5. The van der Waals surface area contributed by atoms with E-state index >= 15 is 0 Å². The number of nitrogens with zero attached hydrogens (tertiary/aromatic N) is 1. The predicted molar refractivity (Wildman–Crippen MR) is 93.8 cm³/mol. The van der Waals surface area contributed by atoms with Crippen molar-refractivity contribution in [3.05, 3.63) is 53.1 Å². The monoisotopic (exact) mass is 332 g/mol. The molecule has 122 valence electrons. The SMILES string of the molecule is CC=CC=CC(=O)Nc1cc(C(=O)N2CCCCC2)ccc1Cl. The third-order valence-corrected chi connectivity index (χ3v) is 4.00.